The summed E-state index contributed by atoms with van der Waals surface area (Å²) in [5.41, 5.74) is 0.485. The van der Waals surface area contributed by atoms with Crippen molar-refractivity contribution in [1.29, 1.82) is 0 Å². The lowest BCUT2D eigenvalue weighted by Gasteiger charge is -2.51. The molecule has 200 valence electrons. The largest absolute Gasteiger partial charge is 0.416 e. The maximum Gasteiger partial charge on any atom is 0.416 e. The Hall–Kier alpha value is -3.73. The molecule has 0 bridgehead atoms. The maximum absolute atomic E-state index is 14.8. The number of likely N-dealkylation sites (N-methyl/N-ethyl adjacent to an activating group) is 1. The minimum absolute atomic E-state index is 0.0298. The summed E-state index contributed by atoms with van der Waals surface area (Å²) in [6, 6.07) is 9.44. The predicted octanol–water partition coefficient (Wildman–Crippen LogP) is 4.60. The SMILES string of the molecule is C[C@@H](Nc1ncnc2c1CN(c1ccccc1F)C(=O)C21CN(C)C1)c1cc(N(C)C)cc(C(F)(F)F)c1. The van der Waals surface area contributed by atoms with Crippen molar-refractivity contribution in [3.05, 3.63) is 77.0 Å². The number of alkyl halides is 3. The van der Waals surface area contributed by atoms with Crippen LogP contribution in [0.25, 0.3) is 0 Å². The molecule has 0 unspecified atom stereocenters. The molecule has 5 rings (SSSR count). The number of fused-ring (bicyclic) bond motifs is 2. The lowest BCUT2D eigenvalue weighted by atomic mass is 9.71. The summed E-state index contributed by atoms with van der Waals surface area (Å²) in [7, 11) is 5.25. The summed E-state index contributed by atoms with van der Waals surface area (Å²) in [6.07, 6.45) is -3.14. The number of para-hydroxylation sites is 1. The molecule has 1 N–H and O–H groups in total. The average molecular weight is 529 g/mol. The zero-order valence-electron chi connectivity index (χ0n) is 21.5. The fraction of sp³-hybridized carbons (Fsp3) is 0.370. The van der Waals surface area contributed by atoms with Crippen molar-refractivity contribution in [2.45, 2.75) is 31.1 Å². The van der Waals surface area contributed by atoms with Gasteiger partial charge in [0.2, 0.25) is 5.91 Å². The van der Waals surface area contributed by atoms with Gasteiger partial charge in [-0.25, -0.2) is 14.4 Å². The highest BCUT2D eigenvalue weighted by molar-refractivity contribution is 6.04. The molecule has 0 saturated carbocycles. The van der Waals surface area contributed by atoms with Crippen LogP contribution in [0.2, 0.25) is 0 Å². The van der Waals surface area contributed by atoms with Crippen molar-refractivity contribution in [3.8, 4) is 0 Å². The molecule has 1 fully saturated rings. The van der Waals surface area contributed by atoms with E-state index in [1.165, 1.54) is 17.3 Å². The van der Waals surface area contributed by atoms with Crippen LogP contribution in [0.5, 0.6) is 0 Å². The Labute approximate surface area is 218 Å². The van der Waals surface area contributed by atoms with Gasteiger partial charge in [-0.05, 0) is 49.9 Å². The molecule has 1 saturated heterocycles. The monoisotopic (exact) mass is 528 g/mol. The number of benzene rings is 2. The van der Waals surface area contributed by atoms with Gasteiger partial charge in [-0.15, -0.1) is 0 Å². The Balaban J connectivity index is 1.56. The van der Waals surface area contributed by atoms with E-state index in [0.29, 0.717) is 41.4 Å². The molecule has 0 radical (unpaired) electrons. The smallest absolute Gasteiger partial charge is 0.378 e. The highest BCUT2D eigenvalue weighted by Gasteiger charge is 2.56. The Morgan fingerprint density at radius 1 is 1.11 bits per heavy atom. The average Bonchev–Trinajstić information content (AvgIpc) is 2.84. The normalized spacial score (nSPS) is 17.7. The highest BCUT2D eigenvalue weighted by atomic mass is 19.4. The third kappa shape index (κ3) is 4.34. The standard InChI is InChI=1S/C27H28F4N6O/c1-16(17-9-18(27(29,30)31)11-19(10-17)35(2)3)34-24-20-12-37(22-8-6-5-7-21(22)28)25(38)26(13-36(4)14-26)23(20)32-15-33-24/h5-11,15-16H,12-14H2,1-4H3,(H,32,33,34)/t16-/m1/s1. The Kier molecular flexibility index (Phi) is 6.29. The highest BCUT2D eigenvalue weighted by Crippen LogP contribution is 2.44. The van der Waals surface area contributed by atoms with Gasteiger partial charge in [0.1, 0.15) is 23.4 Å². The summed E-state index contributed by atoms with van der Waals surface area (Å²) >= 11 is 0. The first-order chi connectivity index (χ1) is 17.9. The second-order valence-corrected chi connectivity index (χ2v) is 10.2. The molecule has 1 amide bonds. The number of anilines is 3. The predicted molar refractivity (Wildman–Crippen MR) is 137 cm³/mol. The van der Waals surface area contributed by atoms with Gasteiger partial charge >= 0.3 is 6.18 Å². The minimum atomic E-state index is -4.50. The van der Waals surface area contributed by atoms with E-state index in [0.717, 1.165) is 12.1 Å². The number of nitrogens with one attached hydrogen (secondary N) is 1. The third-order valence-electron chi connectivity index (χ3n) is 7.23. The molecule has 2 aliphatic rings. The number of rotatable bonds is 5. The minimum Gasteiger partial charge on any atom is -0.378 e. The number of amides is 1. The van der Waals surface area contributed by atoms with E-state index in [4.69, 9.17) is 0 Å². The molecule has 38 heavy (non-hydrogen) atoms. The van der Waals surface area contributed by atoms with Gasteiger partial charge in [-0.3, -0.25) is 4.79 Å². The van der Waals surface area contributed by atoms with Crippen LogP contribution in [-0.4, -0.2) is 55.0 Å². The van der Waals surface area contributed by atoms with Crippen molar-refractivity contribution >= 4 is 23.1 Å². The van der Waals surface area contributed by atoms with Crippen molar-refractivity contribution < 1.29 is 22.4 Å². The molecular weight excluding hydrogens is 500 g/mol. The first kappa shape index (κ1) is 25.9. The van der Waals surface area contributed by atoms with E-state index in [1.54, 1.807) is 50.2 Å². The lowest BCUT2D eigenvalue weighted by molar-refractivity contribution is -0.137. The van der Waals surface area contributed by atoms with E-state index in [1.807, 2.05) is 11.9 Å². The maximum atomic E-state index is 14.8. The quantitative estimate of drug-likeness (QED) is 0.489. The Morgan fingerprint density at radius 2 is 1.82 bits per heavy atom. The number of aromatic nitrogens is 2. The topological polar surface area (TPSA) is 64.6 Å². The van der Waals surface area contributed by atoms with Crippen LogP contribution in [0.15, 0.2) is 48.8 Å². The fourth-order valence-electron chi connectivity index (χ4n) is 5.31. The van der Waals surface area contributed by atoms with E-state index in [9.17, 15) is 22.4 Å². The van der Waals surface area contributed by atoms with Gasteiger partial charge in [0, 0.05) is 38.4 Å². The van der Waals surface area contributed by atoms with Gasteiger partial charge < -0.3 is 20.0 Å². The van der Waals surface area contributed by atoms with Crippen LogP contribution >= 0.6 is 0 Å². The van der Waals surface area contributed by atoms with E-state index >= 15 is 0 Å². The zero-order chi connectivity index (χ0) is 27.4. The fourth-order valence-corrected chi connectivity index (χ4v) is 5.31. The van der Waals surface area contributed by atoms with Crippen LogP contribution in [0.1, 0.15) is 35.3 Å². The Bertz CT molecular complexity index is 1390. The first-order valence-electron chi connectivity index (χ1n) is 12.2. The summed E-state index contributed by atoms with van der Waals surface area (Å²) in [5.74, 6) is -0.361. The van der Waals surface area contributed by atoms with Crippen molar-refractivity contribution in [1.82, 2.24) is 14.9 Å². The molecule has 2 aromatic carbocycles. The van der Waals surface area contributed by atoms with Gasteiger partial charge in [0.05, 0.1) is 29.5 Å². The van der Waals surface area contributed by atoms with Crippen LogP contribution in [0.4, 0.5) is 34.8 Å². The van der Waals surface area contributed by atoms with Crippen LogP contribution in [0, 0.1) is 5.82 Å². The summed E-state index contributed by atoms with van der Waals surface area (Å²) in [6.45, 7) is 2.60. The molecule has 3 heterocycles. The second kappa shape index (κ2) is 9.23. The number of carbonyl (C=O) groups excluding carboxylic acids is 1. The number of likely N-dealkylation sites (tertiary alicyclic amines) is 1. The van der Waals surface area contributed by atoms with Crippen molar-refractivity contribution in [2.24, 2.45) is 0 Å². The molecule has 2 aliphatic heterocycles. The molecule has 3 aromatic rings. The summed E-state index contributed by atoms with van der Waals surface area (Å²) in [4.78, 5) is 27.6. The molecule has 7 nitrogen and oxygen atoms in total. The van der Waals surface area contributed by atoms with E-state index in [-0.39, 0.29) is 18.1 Å². The first-order valence-corrected chi connectivity index (χ1v) is 12.2. The molecule has 1 atom stereocenters. The molecule has 0 aliphatic carbocycles. The number of hydrogen-bond donors (Lipinski definition) is 1. The number of hydrogen-bond acceptors (Lipinski definition) is 6. The van der Waals surface area contributed by atoms with E-state index < -0.39 is 29.0 Å². The van der Waals surface area contributed by atoms with Gasteiger partial charge in [-0.2, -0.15) is 13.2 Å². The molecule has 1 aromatic heterocycles. The number of carbonyl (C=O) groups is 1. The Morgan fingerprint density at radius 3 is 2.45 bits per heavy atom. The second-order valence-electron chi connectivity index (χ2n) is 10.2. The summed E-state index contributed by atoms with van der Waals surface area (Å²) < 4.78 is 55.7. The number of nitrogens with zero attached hydrogens (tertiary/aromatic N) is 5. The summed E-state index contributed by atoms with van der Waals surface area (Å²) in [5, 5.41) is 3.25. The molecule has 11 heteroatoms. The van der Waals surface area contributed by atoms with Crippen molar-refractivity contribution in [3.63, 3.8) is 0 Å². The van der Waals surface area contributed by atoms with Crippen molar-refractivity contribution in [2.75, 3.05) is 49.3 Å². The van der Waals surface area contributed by atoms with Crippen LogP contribution in [-0.2, 0) is 22.9 Å². The van der Waals surface area contributed by atoms with E-state index in [2.05, 4.69) is 15.3 Å². The van der Waals surface area contributed by atoms with Crippen LogP contribution < -0.4 is 15.1 Å². The van der Waals surface area contributed by atoms with Gasteiger partial charge in [0.15, 0.2) is 0 Å². The third-order valence-corrected chi connectivity index (χ3v) is 7.23. The number of halogens is 4. The molecule has 1 spiro atoms. The zero-order valence-corrected chi connectivity index (χ0v) is 21.5. The molecular formula is C27H28F4N6O. The van der Waals surface area contributed by atoms with Crippen LogP contribution in [0.3, 0.4) is 0 Å². The van der Waals surface area contributed by atoms with Gasteiger partial charge in [0.25, 0.3) is 0 Å². The lowest BCUT2D eigenvalue weighted by Crippen LogP contribution is -2.68. The van der Waals surface area contributed by atoms with Gasteiger partial charge in [-0.1, -0.05) is 12.1 Å².